The molecule has 0 spiro atoms. The van der Waals surface area contributed by atoms with Crippen LogP contribution in [0.4, 0.5) is 11.4 Å². The molecule has 33 heavy (non-hydrogen) atoms. The quantitative estimate of drug-likeness (QED) is 0.343. The molecule has 2 saturated heterocycles. The van der Waals surface area contributed by atoms with E-state index in [2.05, 4.69) is 10.2 Å². The first-order valence-corrected chi connectivity index (χ1v) is 13.0. The Balaban J connectivity index is 1.56. The van der Waals surface area contributed by atoms with Gasteiger partial charge in [-0.2, -0.15) is 9.04 Å². The standard InChI is InChI=1S/C21H26N4O6S2/c26-20(16-32-21-3-1-2-6-25(21)27)22-18-15-17(33(28,29)24-9-13-31-14-10-24)4-5-19(18)23-7-11-30-12-8-23/h1-6,15H,7-14,16H2,(H,22,26). The second kappa shape index (κ2) is 10.7. The number of pyridine rings is 1. The van der Waals surface area contributed by atoms with E-state index in [1.54, 1.807) is 30.3 Å². The van der Waals surface area contributed by atoms with E-state index < -0.39 is 10.0 Å². The minimum atomic E-state index is -3.72. The summed E-state index contributed by atoms with van der Waals surface area (Å²) in [4.78, 5) is 14.9. The molecule has 0 bridgehead atoms. The Bertz CT molecular complexity index is 1090. The number of hydrogen-bond donors (Lipinski definition) is 1. The Hall–Kier alpha value is -2.38. The van der Waals surface area contributed by atoms with E-state index in [9.17, 15) is 18.4 Å². The summed E-state index contributed by atoms with van der Waals surface area (Å²) in [6.45, 7) is 3.65. The smallest absolute Gasteiger partial charge is 0.251 e. The van der Waals surface area contributed by atoms with Crippen LogP contribution < -0.4 is 14.9 Å². The van der Waals surface area contributed by atoms with Gasteiger partial charge in [0.2, 0.25) is 15.9 Å². The monoisotopic (exact) mass is 494 g/mol. The molecule has 0 saturated carbocycles. The van der Waals surface area contributed by atoms with Crippen molar-refractivity contribution >= 4 is 39.1 Å². The number of nitrogens with one attached hydrogen (secondary N) is 1. The molecule has 3 heterocycles. The van der Waals surface area contributed by atoms with Crippen LogP contribution in [-0.2, 0) is 24.3 Å². The van der Waals surface area contributed by atoms with Crippen molar-refractivity contribution in [1.29, 1.82) is 0 Å². The van der Waals surface area contributed by atoms with Crippen LogP contribution in [0.15, 0.2) is 52.5 Å². The molecule has 12 heteroatoms. The molecule has 2 aliphatic heterocycles. The molecule has 1 amide bonds. The number of carbonyl (C=O) groups excluding carboxylic acids is 1. The van der Waals surface area contributed by atoms with Crippen LogP contribution in [0.25, 0.3) is 0 Å². The lowest BCUT2D eigenvalue weighted by molar-refractivity contribution is -0.645. The van der Waals surface area contributed by atoms with Gasteiger partial charge in [-0.05, 0) is 36.0 Å². The van der Waals surface area contributed by atoms with Crippen molar-refractivity contribution in [3.05, 3.63) is 47.8 Å². The van der Waals surface area contributed by atoms with Crippen LogP contribution in [0.3, 0.4) is 0 Å². The highest BCUT2D eigenvalue weighted by Gasteiger charge is 2.28. The highest BCUT2D eigenvalue weighted by atomic mass is 32.2. The van der Waals surface area contributed by atoms with Gasteiger partial charge >= 0.3 is 0 Å². The molecular weight excluding hydrogens is 468 g/mol. The zero-order valence-corrected chi connectivity index (χ0v) is 19.6. The van der Waals surface area contributed by atoms with Gasteiger partial charge in [-0.1, -0.05) is 0 Å². The lowest BCUT2D eigenvalue weighted by atomic mass is 10.2. The molecule has 0 atom stereocenters. The summed E-state index contributed by atoms with van der Waals surface area (Å²) in [7, 11) is -3.72. The summed E-state index contributed by atoms with van der Waals surface area (Å²) in [6.07, 6.45) is 1.37. The van der Waals surface area contributed by atoms with E-state index in [1.165, 1.54) is 16.6 Å². The molecule has 1 aromatic heterocycles. The van der Waals surface area contributed by atoms with Gasteiger partial charge in [-0.25, -0.2) is 8.42 Å². The molecule has 10 nitrogen and oxygen atoms in total. The number of rotatable bonds is 7. The van der Waals surface area contributed by atoms with E-state index in [1.807, 2.05) is 0 Å². The van der Waals surface area contributed by atoms with Gasteiger partial charge in [0, 0.05) is 38.3 Å². The third kappa shape index (κ3) is 5.76. The third-order valence-corrected chi connectivity index (χ3v) is 8.25. The predicted molar refractivity (Wildman–Crippen MR) is 124 cm³/mol. The van der Waals surface area contributed by atoms with Crippen molar-refractivity contribution in [2.24, 2.45) is 0 Å². The third-order valence-electron chi connectivity index (χ3n) is 5.34. The number of morpholine rings is 2. The van der Waals surface area contributed by atoms with E-state index >= 15 is 0 Å². The first-order valence-electron chi connectivity index (χ1n) is 10.6. The topological polar surface area (TPSA) is 115 Å². The molecule has 178 valence electrons. The van der Waals surface area contributed by atoms with Crippen molar-refractivity contribution < 1.29 is 27.4 Å². The predicted octanol–water partition coefficient (Wildman–Crippen LogP) is 0.908. The molecule has 0 unspecified atom stereocenters. The first-order chi connectivity index (χ1) is 15.9. The normalized spacial score (nSPS) is 17.6. The second-order valence-corrected chi connectivity index (χ2v) is 10.4. The van der Waals surface area contributed by atoms with Gasteiger partial charge in [-0.15, -0.1) is 0 Å². The molecule has 4 rings (SSSR count). The van der Waals surface area contributed by atoms with Crippen molar-refractivity contribution in [2.45, 2.75) is 9.92 Å². The summed E-state index contributed by atoms with van der Waals surface area (Å²) in [6, 6.07) is 9.79. The van der Waals surface area contributed by atoms with Gasteiger partial charge < -0.3 is 24.9 Å². The highest BCUT2D eigenvalue weighted by molar-refractivity contribution is 7.99. The molecule has 1 aromatic carbocycles. The van der Waals surface area contributed by atoms with E-state index in [-0.39, 0.29) is 29.6 Å². The van der Waals surface area contributed by atoms with Gasteiger partial charge in [0.15, 0.2) is 6.20 Å². The summed E-state index contributed by atoms with van der Waals surface area (Å²) in [5, 5.41) is 15.1. The number of thioether (sulfide) groups is 1. The number of carbonyl (C=O) groups is 1. The van der Waals surface area contributed by atoms with Crippen LogP contribution in [0.5, 0.6) is 0 Å². The largest absolute Gasteiger partial charge is 0.618 e. The molecule has 2 aliphatic rings. The Labute approximate surface area is 197 Å². The number of amides is 1. The summed E-state index contributed by atoms with van der Waals surface area (Å²) in [5.74, 6) is -0.325. The Kier molecular flexibility index (Phi) is 7.71. The number of ether oxygens (including phenoxy) is 2. The highest BCUT2D eigenvalue weighted by Crippen LogP contribution is 2.31. The SMILES string of the molecule is O=C(CSc1cccc[n+]1[O-])Nc1cc(S(=O)(=O)N2CCOCC2)ccc1N1CCOCC1. The zero-order chi connectivity index (χ0) is 23.3. The maximum Gasteiger partial charge on any atom is 0.251 e. The fourth-order valence-electron chi connectivity index (χ4n) is 3.64. The summed E-state index contributed by atoms with van der Waals surface area (Å²) < 4.78 is 39.1. The second-order valence-electron chi connectivity index (χ2n) is 7.50. The van der Waals surface area contributed by atoms with E-state index in [0.717, 1.165) is 17.4 Å². The van der Waals surface area contributed by atoms with Gasteiger partial charge in [-0.3, -0.25) is 4.79 Å². The molecule has 0 radical (unpaired) electrons. The fraction of sp³-hybridized carbons (Fsp3) is 0.429. The van der Waals surface area contributed by atoms with E-state index in [0.29, 0.717) is 55.0 Å². The van der Waals surface area contributed by atoms with Crippen molar-refractivity contribution in [2.75, 3.05) is 68.6 Å². The molecule has 2 aromatic rings. The van der Waals surface area contributed by atoms with E-state index in [4.69, 9.17) is 9.47 Å². The number of aromatic nitrogens is 1. The minimum absolute atomic E-state index is 0.00917. The number of benzene rings is 1. The maximum absolute atomic E-state index is 13.1. The van der Waals surface area contributed by atoms with Crippen LogP contribution >= 0.6 is 11.8 Å². The zero-order valence-electron chi connectivity index (χ0n) is 18.0. The number of hydrogen-bond acceptors (Lipinski definition) is 8. The Morgan fingerprint density at radius 2 is 1.76 bits per heavy atom. The number of anilines is 2. The lowest BCUT2D eigenvalue weighted by Gasteiger charge is -2.31. The van der Waals surface area contributed by atoms with Gasteiger partial charge in [0.25, 0.3) is 5.03 Å². The lowest BCUT2D eigenvalue weighted by Crippen LogP contribution is -2.40. The average molecular weight is 495 g/mol. The van der Waals surface area contributed by atoms with Crippen molar-refractivity contribution in [3.63, 3.8) is 0 Å². The van der Waals surface area contributed by atoms with Crippen molar-refractivity contribution in [3.8, 4) is 0 Å². The maximum atomic E-state index is 13.1. The minimum Gasteiger partial charge on any atom is -0.618 e. The fourth-order valence-corrected chi connectivity index (χ4v) is 5.79. The molecule has 2 fully saturated rings. The Morgan fingerprint density at radius 3 is 2.45 bits per heavy atom. The van der Waals surface area contributed by atoms with Gasteiger partial charge in [0.1, 0.15) is 0 Å². The first kappa shape index (κ1) is 23.8. The van der Waals surface area contributed by atoms with Crippen LogP contribution in [0.1, 0.15) is 0 Å². The van der Waals surface area contributed by atoms with Crippen LogP contribution in [-0.4, -0.2) is 77.0 Å². The molecular formula is C21H26N4O6S2. The van der Waals surface area contributed by atoms with Crippen LogP contribution in [0.2, 0.25) is 0 Å². The number of sulfonamides is 1. The number of nitrogens with zero attached hydrogens (tertiary/aromatic N) is 3. The van der Waals surface area contributed by atoms with Gasteiger partial charge in [0.05, 0.1) is 48.5 Å². The Morgan fingerprint density at radius 1 is 1.06 bits per heavy atom. The van der Waals surface area contributed by atoms with Crippen LogP contribution in [0, 0.1) is 5.21 Å². The molecule has 1 N–H and O–H groups in total. The summed E-state index contributed by atoms with van der Waals surface area (Å²) >= 11 is 1.11. The average Bonchev–Trinajstić information content (AvgIpc) is 2.84. The van der Waals surface area contributed by atoms with Crippen molar-refractivity contribution in [1.82, 2.24) is 4.31 Å². The summed E-state index contributed by atoms with van der Waals surface area (Å²) in [5.41, 5.74) is 1.15. The molecule has 0 aliphatic carbocycles.